The highest BCUT2D eigenvalue weighted by molar-refractivity contribution is 5.74. The lowest BCUT2D eigenvalue weighted by Crippen LogP contribution is -2.56. The normalized spacial score (nSPS) is 14.5. The Labute approximate surface area is 104 Å². The molecule has 0 saturated carbocycles. The van der Waals surface area contributed by atoms with Gasteiger partial charge < -0.3 is 10.2 Å². The fourth-order valence-corrected chi connectivity index (χ4v) is 1.57. The molecule has 96 valence electrons. The van der Waals surface area contributed by atoms with Crippen LogP contribution in [0.4, 0.5) is 5.82 Å². The number of hydrogen-bond donors (Lipinski definition) is 1. The molecule has 0 aliphatic carbocycles. The lowest BCUT2D eigenvalue weighted by molar-refractivity contribution is -0.132. The molecule has 0 radical (unpaired) electrons. The van der Waals surface area contributed by atoms with Crippen LogP contribution in [0.1, 0.15) is 27.9 Å². The first-order valence-corrected chi connectivity index (χ1v) is 5.96. The highest BCUT2D eigenvalue weighted by Gasteiger charge is 2.28. The minimum Gasteiger partial charge on any atom is -0.364 e. The molecule has 17 heavy (non-hydrogen) atoms. The highest BCUT2D eigenvalue weighted by atomic mass is 16.2. The fourth-order valence-electron chi connectivity index (χ4n) is 1.57. The summed E-state index contributed by atoms with van der Waals surface area (Å²) in [6.45, 7) is 9.04. The number of nitrogens with zero attached hydrogens (tertiary/aromatic N) is 3. The Balaban J connectivity index is 0.000000917. The van der Waals surface area contributed by atoms with E-state index in [-0.39, 0.29) is 7.33 Å². The van der Waals surface area contributed by atoms with Gasteiger partial charge >= 0.3 is 0 Å². The summed E-state index contributed by atoms with van der Waals surface area (Å²) in [5.74, 6) is 0.961. The van der Waals surface area contributed by atoms with E-state index in [4.69, 9.17) is 0 Å². The number of rotatable bonds is 2. The van der Waals surface area contributed by atoms with Gasteiger partial charge in [0.1, 0.15) is 12.1 Å². The maximum Gasteiger partial charge on any atom is 0.219 e. The van der Waals surface area contributed by atoms with Crippen LogP contribution in [0.15, 0.2) is 12.4 Å². The Morgan fingerprint density at radius 2 is 2.12 bits per heavy atom. The molecular formula is C12H22N4O. The van der Waals surface area contributed by atoms with E-state index in [2.05, 4.69) is 15.3 Å². The van der Waals surface area contributed by atoms with Crippen molar-refractivity contribution in [2.75, 3.05) is 18.4 Å². The standard InChI is InChI=1S/C10H14N4O.C2H6.H2/c1-7-3-10(12-6-11-7)13-9-4-14(5-9)8(2)15;1-2;/h3,6,9H,4-5H2,1-2H3,(H,11,12,13);1-2H3;1H. The molecule has 1 aliphatic heterocycles. The summed E-state index contributed by atoms with van der Waals surface area (Å²) in [7, 11) is 0. The first-order valence-electron chi connectivity index (χ1n) is 5.96. The Morgan fingerprint density at radius 3 is 2.65 bits per heavy atom. The molecule has 0 bridgehead atoms. The Kier molecular flexibility index (Phi) is 4.87. The van der Waals surface area contributed by atoms with Crippen LogP contribution < -0.4 is 5.32 Å². The zero-order valence-corrected chi connectivity index (χ0v) is 10.9. The zero-order chi connectivity index (χ0) is 12.8. The van der Waals surface area contributed by atoms with Crippen LogP contribution in [-0.4, -0.2) is 39.9 Å². The van der Waals surface area contributed by atoms with Crippen molar-refractivity contribution in [3.05, 3.63) is 18.1 Å². The van der Waals surface area contributed by atoms with Gasteiger partial charge in [-0.1, -0.05) is 13.8 Å². The lowest BCUT2D eigenvalue weighted by atomic mass is 10.1. The fraction of sp³-hybridized carbons (Fsp3) is 0.583. The number of aromatic nitrogens is 2. The van der Waals surface area contributed by atoms with Crippen LogP contribution in [0.25, 0.3) is 0 Å². The van der Waals surface area contributed by atoms with Crippen molar-refractivity contribution in [2.24, 2.45) is 0 Å². The van der Waals surface area contributed by atoms with E-state index in [9.17, 15) is 4.79 Å². The van der Waals surface area contributed by atoms with Gasteiger partial charge in [-0.3, -0.25) is 4.79 Å². The van der Waals surface area contributed by atoms with Crippen LogP contribution in [0, 0.1) is 6.92 Å². The third-order valence-corrected chi connectivity index (χ3v) is 2.48. The smallest absolute Gasteiger partial charge is 0.219 e. The number of amides is 1. The topological polar surface area (TPSA) is 58.1 Å². The third kappa shape index (κ3) is 3.69. The van der Waals surface area contributed by atoms with Gasteiger partial charge in [-0.05, 0) is 6.92 Å². The number of nitrogens with one attached hydrogen (secondary N) is 1. The van der Waals surface area contributed by atoms with Gasteiger partial charge in [0.15, 0.2) is 0 Å². The average Bonchev–Trinajstić information content (AvgIpc) is 2.25. The summed E-state index contributed by atoms with van der Waals surface area (Å²) in [4.78, 5) is 20.9. The lowest BCUT2D eigenvalue weighted by Gasteiger charge is -2.39. The van der Waals surface area contributed by atoms with E-state index in [1.54, 1.807) is 18.2 Å². The average molecular weight is 238 g/mol. The molecule has 1 N–H and O–H groups in total. The summed E-state index contributed by atoms with van der Waals surface area (Å²) < 4.78 is 0. The van der Waals surface area contributed by atoms with Crippen LogP contribution in [0.3, 0.4) is 0 Å². The molecule has 1 aliphatic rings. The maximum absolute atomic E-state index is 11.0. The van der Waals surface area contributed by atoms with E-state index in [1.165, 1.54) is 0 Å². The van der Waals surface area contributed by atoms with E-state index in [0.717, 1.165) is 24.6 Å². The first-order chi connectivity index (χ1) is 8.15. The second-order valence-corrected chi connectivity index (χ2v) is 3.81. The molecule has 1 amide bonds. The molecule has 2 rings (SSSR count). The van der Waals surface area contributed by atoms with Crippen molar-refractivity contribution in [2.45, 2.75) is 33.7 Å². The van der Waals surface area contributed by atoms with E-state index in [0.29, 0.717) is 6.04 Å². The quantitative estimate of drug-likeness (QED) is 0.852. The van der Waals surface area contributed by atoms with Crippen molar-refractivity contribution in [1.82, 2.24) is 14.9 Å². The highest BCUT2D eigenvalue weighted by Crippen LogP contribution is 2.13. The number of aryl methyl sites for hydroxylation is 1. The van der Waals surface area contributed by atoms with Gasteiger partial charge in [-0.15, -0.1) is 0 Å². The molecule has 5 heteroatoms. The molecule has 2 heterocycles. The minimum absolute atomic E-state index is 0. The molecule has 5 nitrogen and oxygen atoms in total. The number of likely N-dealkylation sites (tertiary alicyclic amines) is 1. The van der Waals surface area contributed by atoms with E-state index in [1.807, 2.05) is 26.8 Å². The van der Waals surface area contributed by atoms with Gasteiger partial charge in [0.25, 0.3) is 0 Å². The number of carbonyl (C=O) groups is 1. The molecule has 0 aromatic carbocycles. The monoisotopic (exact) mass is 238 g/mol. The SMILES string of the molecule is CC.CC(=O)N1CC(Nc2cc(C)ncn2)C1.[HH]. The van der Waals surface area contributed by atoms with Crippen molar-refractivity contribution in [3.8, 4) is 0 Å². The molecule has 1 aromatic heterocycles. The van der Waals surface area contributed by atoms with Crippen LogP contribution in [0.5, 0.6) is 0 Å². The van der Waals surface area contributed by atoms with E-state index >= 15 is 0 Å². The largest absolute Gasteiger partial charge is 0.364 e. The first kappa shape index (κ1) is 13.4. The van der Waals surface area contributed by atoms with Gasteiger partial charge in [-0.25, -0.2) is 9.97 Å². The van der Waals surface area contributed by atoms with Crippen LogP contribution in [-0.2, 0) is 4.79 Å². The Morgan fingerprint density at radius 1 is 1.47 bits per heavy atom. The van der Waals surface area contributed by atoms with Gasteiger partial charge in [0, 0.05) is 33.2 Å². The second-order valence-electron chi connectivity index (χ2n) is 3.81. The van der Waals surface area contributed by atoms with Gasteiger partial charge in [-0.2, -0.15) is 0 Å². The van der Waals surface area contributed by atoms with Gasteiger partial charge in [0.05, 0.1) is 6.04 Å². The Hall–Kier alpha value is -1.65. The van der Waals surface area contributed by atoms with Crippen molar-refractivity contribution >= 4 is 11.7 Å². The minimum atomic E-state index is 0. The van der Waals surface area contributed by atoms with Crippen molar-refractivity contribution in [1.29, 1.82) is 0 Å². The van der Waals surface area contributed by atoms with Crippen LogP contribution >= 0.6 is 0 Å². The molecule has 1 saturated heterocycles. The summed E-state index contributed by atoms with van der Waals surface area (Å²) in [5.41, 5.74) is 0.940. The molecule has 0 atom stereocenters. The zero-order valence-electron chi connectivity index (χ0n) is 10.9. The maximum atomic E-state index is 11.0. The molecular weight excluding hydrogens is 216 g/mol. The van der Waals surface area contributed by atoms with Gasteiger partial charge in [0.2, 0.25) is 5.91 Å². The van der Waals surface area contributed by atoms with Crippen molar-refractivity contribution in [3.63, 3.8) is 0 Å². The Bertz CT molecular complexity index is 380. The summed E-state index contributed by atoms with van der Waals surface area (Å²) >= 11 is 0. The summed E-state index contributed by atoms with van der Waals surface area (Å²) in [6.07, 6.45) is 1.54. The molecule has 1 aromatic rings. The summed E-state index contributed by atoms with van der Waals surface area (Å²) in [6, 6.07) is 2.22. The molecule has 1 fully saturated rings. The second kappa shape index (κ2) is 6.18. The number of anilines is 1. The predicted molar refractivity (Wildman–Crippen MR) is 69.9 cm³/mol. The third-order valence-electron chi connectivity index (χ3n) is 2.48. The summed E-state index contributed by atoms with van der Waals surface area (Å²) in [5, 5.41) is 3.26. The van der Waals surface area contributed by atoms with Crippen molar-refractivity contribution < 1.29 is 6.22 Å². The number of hydrogen-bond acceptors (Lipinski definition) is 4. The van der Waals surface area contributed by atoms with E-state index < -0.39 is 0 Å². The molecule has 0 spiro atoms. The predicted octanol–water partition coefficient (Wildman–Crippen LogP) is 1.70. The van der Waals surface area contributed by atoms with Crippen LogP contribution in [0.2, 0.25) is 0 Å². The molecule has 0 unspecified atom stereocenters. The number of carbonyl (C=O) groups excluding carboxylic acids is 1.